The topological polar surface area (TPSA) is 32.9 Å². The molecule has 100 valence electrons. The van der Waals surface area contributed by atoms with Gasteiger partial charge < -0.3 is 4.98 Å². The molecule has 1 saturated carbocycles. The van der Waals surface area contributed by atoms with E-state index in [9.17, 15) is 4.79 Å². The zero-order valence-corrected chi connectivity index (χ0v) is 11.8. The molecule has 1 aromatic carbocycles. The molecule has 0 spiro atoms. The van der Waals surface area contributed by atoms with Crippen LogP contribution in [0.25, 0.3) is 10.9 Å². The van der Waals surface area contributed by atoms with E-state index < -0.39 is 0 Å². The second kappa shape index (κ2) is 5.83. The van der Waals surface area contributed by atoms with E-state index in [0.717, 1.165) is 16.5 Å². The molecule has 2 nitrogen and oxygen atoms in total. The van der Waals surface area contributed by atoms with Gasteiger partial charge in [-0.25, -0.2) is 0 Å². The zero-order valence-electron chi connectivity index (χ0n) is 11.0. The van der Waals surface area contributed by atoms with E-state index in [1.807, 2.05) is 42.2 Å². The third kappa shape index (κ3) is 2.86. The van der Waals surface area contributed by atoms with Crippen molar-refractivity contribution in [2.45, 2.75) is 37.4 Å². The van der Waals surface area contributed by atoms with Crippen LogP contribution in [0.3, 0.4) is 0 Å². The molecule has 1 aliphatic carbocycles. The Labute approximate surface area is 118 Å². The first-order valence-corrected chi connectivity index (χ1v) is 8.10. The highest BCUT2D eigenvalue weighted by Crippen LogP contribution is 2.29. The number of nitrogens with one attached hydrogen (secondary N) is 1. The standard InChI is InChI=1S/C16H19NOS/c18-16(11-19-12-6-2-1-3-7-12)14-10-17-15-9-5-4-8-13(14)15/h4-5,8-10,12,17H,1-3,6-7,11H2. The van der Waals surface area contributed by atoms with Crippen LogP contribution in [0.5, 0.6) is 0 Å². The zero-order chi connectivity index (χ0) is 13.1. The second-order valence-corrected chi connectivity index (χ2v) is 6.53. The Balaban J connectivity index is 1.66. The van der Waals surface area contributed by atoms with Crippen LogP contribution in [-0.4, -0.2) is 21.8 Å². The molecule has 19 heavy (non-hydrogen) atoms. The maximum Gasteiger partial charge on any atom is 0.174 e. The van der Waals surface area contributed by atoms with E-state index in [2.05, 4.69) is 4.98 Å². The molecule has 2 aromatic rings. The summed E-state index contributed by atoms with van der Waals surface area (Å²) in [7, 11) is 0. The minimum Gasteiger partial charge on any atom is -0.360 e. The van der Waals surface area contributed by atoms with E-state index in [4.69, 9.17) is 0 Å². The van der Waals surface area contributed by atoms with Crippen LogP contribution < -0.4 is 0 Å². The number of hydrogen-bond acceptors (Lipinski definition) is 2. The quantitative estimate of drug-likeness (QED) is 0.837. The van der Waals surface area contributed by atoms with Gasteiger partial charge in [-0.15, -0.1) is 0 Å². The van der Waals surface area contributed by atoms with Crippen molar-refractivity contribution >= 4 is 28.4 Å². The van der Waals surface area contributed by atoms with E-state index >= 15 is 0 Å². The van der Waals surface area contributed by atoms with E-state index in [1.54, 1.807) is 0 Å². The van der Waals surface area contributed by atoms with Crippen molar-refractivity contribution in [2.75, 3.05) is 5.75 Å². The van der Waals surface area contributed by atoms with Crippen LogP contribution in [0.2, 0.25) is 0 Å². The summed E-state index contributed by atoms with van der Waals surface area (Å²) < 4.78 is 0. The fourth-order valence-corrected chi connectivity index (χ4v) is 4.01. The smallest absolute Gasteiger partial charge is 0.174 e. The summed E-state index contributed by atoms with van der Waals surface area (Å²) >= 11 is 1.85. The maximum absolute atomic E-state index is 12.3. The molecule has 0 amide bonds. The minimum atomic E-state index is 0.257. The number of para-hydroxylation sites is 1. The first-order valence-electron chi connectivity index (χ1n) is 7.05. The molecule has 0 radical (unpaired) electrons. The number of benzene rings is 1. The van der Waals surface area contributed by atoms with Crippen LogP contribution in [0.4, 0.5) is 0 Å². The summed E-state index contributed by atoms with van der Waals surface area (Å²) in [4.78, 5) is 15.5. The van der Waals surface area contributed by atoms with E-state index in [0.29, 0.717) is 11.0 Å². The average molecular weight is 273 g/mol. The van der Waals surface area contributed by atoms with Crippen molar-refractivity contribution in [1.29, 1.82) is 0 Å². The highest BCUT2D eigenvalue weighted by atomic mass is 32.2. The average Bonchev–Trinajstić information content (AvgIpc) is 2.90. The van der Waals surface area contributed by atoms with Crippen molar-refractivity contribution < 1.29 is 4.79 Å². The monoisotopic (exact) mass is 273 g/mol. The third-order valence-corrected chi connectivity index (χ3v) is 5.26. The van der Waals surface area contributed by atoms with Crippen molar-refractivity contribution in [3.63, 3.8) is 0 Å². The van der Waals surface area contributed by atoms with E-state index in [-0.39, 0.29) is 5.78 Å². The lowest BCUT2D eigenvalue weighted by atomic mass is 10.0. The molecule has 1 fully saturated rings. The number of fused-ring (bicyclic) bond motifs is 1. The first kappa shape index (κ1) is 12.8. The molecule has 1 aromatic heterocycles. The molecule has 1 N–H and O–H groups in total. The fourth-order valence-electron chi connectivity index (χ4n) is 2.81. The number of aromatic amines is 1. The van der Waals surface area contributed by atoms with Crippen LogP contribution in [0, 0.1) is 0 Å². The molecule has 3 heteroatoms. The summed E-state index contributed by atoms with van der Waals surface area (Å²) in [5.74, 6) is 0.875. The Bertz CT molecular complexity index is 569. The van der Waals surface area contributed by atoms with Gasteiger partial charge in [-0.2, -0.15) is 11.8 Å². The fraction of sp³-hybridized carbons (Fsp3) is 0.438. The van der Waals surface area contributed by atoms with Gasteiger partial charge in [0.1, 0.15) is 0 Å². The number of carbonyl (C=O) groups is 1. The molecule has 0 bridgehead atoms. The number of aromatic nitrogens is 1. The van der Waals surface area contributed by atoms with Gasteiger partial charge >= 0.3 is 0 Å². The number of H-pyrrole nitrogens is 1. The number of hydrogen-bond donors (Lipinski definition) is 1. The summed E-state index contributed by atoms with van der Waals surface area (Å²) in [5.41, 5.74) is 1.90. The molecule has 0 aliphatic heterocycles. The molecule has 1 heterocycles. The normalized spacial score (nSPS) is 16.8. The van der Waals surface area contributed by atoms with Crippen LogP contribution >= 0.6 is 11.8 Å². The lowest BCUT2D eigenvalue weighted by Gasteiger charge is -2.20. The maximum atomic E-state index is 12.3. The van der Waals surface area contributed by atoms with Crippen molar-refractivity contribution in [3.05, 3.63) is 36.0 Å². The third-order valence-electron chi connectivity index (χ3n) is 3.89. The molecule has 3 rings (SSSR count). The van der Waals surface area contributed by atoms with Gasteiger partial charge in [0.25, 0.3) is 0 Å². The number of carbonyl (C=O) groups excluding carboxylic acids is 1. The summed E-state index contributed by atoms with van der Waals surface area (Å²) in [5, 5.41) is 1.75. The SMILES string of the molecule is O=C(CSC1CCCCC1)c1c[nH]c2ccccc12. The van der Waals surface area contributed by atoms with Crippen LogP contribution in [0.15, 0.2) is 30.5 Å². The first-order chi connectivity index (χ1) is 9.34. The Kier molecular flexibility index (Phi) is 3.92. The molecule has 0 saturated heterocycles. The van der Waals surface area contributed by atoms with Crippen molar-refractivity contribution in [2.24, 2.45) is 0 Å². The van der Waals surface area contributed by atoms with Crippen molar-refractivity contribution in [3.8, 4) is 0 Å². The number of Topliss-reactive ketones (excluding diaryl/α,β-unsaturated/α-hetero) is 1. The summed E-state index contributed by atoms with van der Waals surface area (Å²) in [6.07, 6.45) is 8.46. The predicted molar refractivity (Wildman–Crippen MR) is 82.0 cm³/mol. The van der Waals surface area contributed by atoms with Crippen molar-refractivity contribution in [1.82, 2.24) is 4.98 Å². The number of thioether (sulfide) groups is 1. The van der Waals surface area contributed by atoms with Gasteiger partial charge in [-0.1, -0.05) is 37.5 Å². The van der Waals surface area contributed by atoms with Gasteiger partial charge in [-0.05, 0) is 18.9 Å². The number of rotatable bonds is 4. The second-order valence-electron chi connectivity index (χ2n) is 5.24. The van der Waals surface area contributed by atoms with Gasteiger partial charge in [0, 0.05) is 27.9 Å². The van der Waals surface area contributed by atoms with Gasteiger partial charge in [0.05, 0.1) is 5.75 Å². The largest absolute Gasteiger partial charge is 0.360 e. The Morgan fingerprint density at radius 2 is 2.00 bits per heavy atom. The lowest BCUT2D eigenvalue weighted by molar-refractivity contribution is 0.102. The predicted octanol–water partition coefficient (Wildman–Crippen LogP) is 4.42. The summed E-state index contributed by atoms with van der Waals surface area (Å²) in [6, 6.07) is 8.01. The Morgan fingerprint density at radius 3 is 2.84 bits per heavy atom. The van der Waals surface area contributed by atoms with Crippen LogP contribution in [0.1, 0.15) is 42.5 Å². The van der Waals surface area contributed by atoms with Gasteiger partial charge in [-0.3, -0.25) is 4.79 Å². The lowest BCUT2D eigenvalue weighted by Crippen LogP contribution is -2.12. The number of ketones is 1. The van der Waals surface area contributed by atoms with E-state index in [1.165, 1.54) is 32.1 Å². The van der Waals surface area contributed by atoms with Gasteiger partial charge in [0.2, 0.25) is 0 Å². The highest BCUT2D eigenvalue weighted by molar-refractivity contribution is 8.00. The molecule has 0 unspecified atom stereocenters. The molecule has 0 atom stereocenters. The summed E-state index contributed by atoms with van der Waals surface area (Å²) in [6.45, 7) is 0. The molecule has 1 aliphatic rings. The van der Waals surface area contributed by atoms with Crippen LogP contribution in [-0.2, 0) is 0 Å². The molecular weight excluding hydrogens is 254 g/mol. The van der Waals surface area contributed by atoms with Gasteiger partial charge in [0.15, 0.2) is 5.78 Å². The molecular formula is C16H19NOS. The Hall–Kier alpha value is -1.22. The highest BCUT2D eigenvalue weighted by Gasteiger charge is 2.17. The Morgan fingerprint density at radius 1 is 1.21 bits per heavy atom. The minimum absolute atomic E-state index is 0.257.